The molecular formula is C20H23N3O2. The van der Waals surface area contributed by atoms with Crippen molar-refractivity contribution in [2.24, 2.45) is 0 Å². The van der Waals surface area contributed by atoms with E-state index in [1.807, 2.05) is 55.1 Å². The Balaban J connectivity index is 1.61. The molecular weight excluding hydrogens is 314 g/mol. The number of hydrogen-bond donors (Lipinski definition) is 2. The molecule has 3 amide bonds. The lowest BCUT2D eigenvalue weighted by Gasteiger charge is -2.24. The Hall–Kier alpha value is -2.82. The highest BCUT2D eigenvalue weighted by atomic mass is 16.2. The molecule has 0 unspecified atom stereocenters. The van der Waals surface area contributed by atoms with E-state index in [-0.39, 0.29) is 18.5 Å². The summed E-state index contributed by atoms with van der Waals surface area (Å²) in [5, 5.41) is 5.17. The van der Waals surface area contributed by atoms with Gasteiger partial charge in [0.15, 0.2) is 0 Å². The molecule has 1 aliphatic heterocycles. The topological polar surface area (TPSA) is 61.4 Å². The number of aryl methyl sites for hydroxylation is 1. The number of carbonyl (C=O) groups is 2. The van der Waals surface area contributed by atoms with Crippen LogP contribution in [-0.4, -0.2) is 24.5 Å². The highest BCUT2D eigenvalue weighted by Crippen LogP contribution is 2.31. The number of urea groups is 1. The molecule has 1 heterocycles. The lowest BCUT2D eigenvalue weighted by atomic mass is 10.1. The van der Waals surface area contributed by atoms with E-state index in [0.717, 1.165) is 23.2 Å². The smallest absolute Gasteiger partial charge is 0.325 e. The van der Waals surface area contributed by atoms with Gasteiger partial charge in [0.25, 0.3) is 0 Å². The SMILES string of the molecule is Cc1cccc(NC(=O)NC(=O)CN2c3ccccc3C[C@H]2C)c1C. The molecule has 0 aliphatic carbocycles. The number of nitrogens with one attached hydrogen (secondary N) is 2. The van der Waals surface area contributed by atoms with Gasteiger partial charge in [0.05, 0.1) is 6.54 Å². The predicted molar refractivity (Wildman–Crippen MR) is 100 cm³/mol. The first kappa shape index (κ1) is 17.0. The molecule has 0 fully saturated rings. The molecule has 2 aromatic carbocycles. The zero-order valence-electron chi connectivity index (χ0n) is 14.8. The summed E-state index contributed by atoms with van der Waals surface area (Å²) in [4.78, 5) is 26.5. The first-order chi connectivity index (χ1) is 12.0. The third-order valence-electron chi connectivity index (χ3n) is 4.77. The molecule has 0 radical (unpaired) electrons. The van der Waals surface area contributed by atoms with Crippen LogP contribution < -0.4 is 15.5 Å². The van der Waals surface area contributed by atoms with Crippen molar-refractivity contribution in [3.8, 4) is 0 Å². The molecule has 1 aliphatic rings. The number of rotatable bonds is 3. The summed E-state index contributed by atoms with van der Waals surface area (Å²) in [6.07, 6.45) is 0.915. The average Bonchev–Trinajstić information content (AvgIpc) is 2.87. The van der Waals surface area contributed by atoms with E-state index in [1.54, 1.807) is 0 Å². The average molecular weight is 337 g/mol. The van der Waals surface area contributed by atoms with Gasteiger partial charge in [-0.15, -0.1) is 0 Å². The summed E-state index contributed by atoms with van der Waals surface area (Å²) in [5.74, 6) is -0.314. The van der Waals surface area contributed by atoms with E-state index in [0.29, 0.717) is 5.69 Å². The largest absolute Gasteiger partial charge is 0.359 e. The van der Waals surface area contributed by atoms with Gasteiger partial charge in [0.1, 0.15) is 0 Å². The summed E-state index contributed by atoms with van der Waals surface area (Å²) in [7, 11) is 0. The van der Waals surface area contributed by atoms with Gasteiger partial charge >= 0.3 is 6.03 Å². The van der Waals surface area contributed by atoms with Crippen LogP contribution in [0.4, 0.5) is 16.2 Å². The zero-order valence-corrected chi connectivity index (χ0v) is 14.8. The van der Waals surface area contributed by atoms with E-state index < -0.39 is 6.03 Å². The van der Waals surface area contributed by atoms with E-state index in [9.17, 15) is 9.59 Å². The minimum Gasteiger partial charge on any atom is -0.359 e. The van der Waals surface area contributed by atoms with Crippen LogP contribution in [-0.2, 0) is 11.2 Å². The molecule has 2 N–H and O–H groups in total. The summed E-state index contributed by atoms with van der Waals surface area (Å²) in [6.45, 7) is 6.17. The quantitative estimate of drug-likeness (QED) is 0.902. The number of fused-ring (bicyclic) bond motifs is 1. The number of amides is 3. The van der Waals surface area contributed by atoms with Crippen molar-refractivity contribution < 1.29 is 9.59 Å². The molecule has 130 valence electrons. The first-order valence-corrected chi connectivity index (χ1v) is 8.47. The number of anilines is 2. The second-order valence-electron chi connectivity index (χ2n) is 6.56. The van der Waals surface area contributed by atoms with E-state index in [2.05, 4.69) is 23.6 Å². The highest BCUT2D eigenvalue weighted by Gasteiger charge is 2.27. The molecule has 2 aromatic rings. The molecule has 0 aromatic heterocycles. The highest BCUT2D eigenvalue weighted by molar-refractivity contribution is 6.03. The van der Waals surface area contributed by atoms with Crippen LogP contribution in [0.5, 0.6) is 0 Å². The summed E-state index contributed by atoms with van der Waals surface area (Å²) >= 11 is 0. The number of para-hydroxylation sites is 1. The Labute approximate surface area is 148 Å². The fourth-order valence-corrected chi connectivity index (χ4v) is 3.23. The monoisotopic (exact) mass is 337 g/mol. The normalized spacial score (nSPS) is 15.6. The van der Waals surface area contributed by atoms with Gasteiger partial charge in [-0.3, -0.25) is 10.1 Å². The Kier molecular flexibility index (Phi) is 4.74. The van der Waals surface area contributed by atoms with Crippen LogP contribution >= 0.6 is 0 Å². The first-order valence-electron chi connectivity index (χ1n) is 8.47. The number of nitrogens with zero attached hydrogens (tertiary/aromatic N) is 1. The van der Waals surface area contributed by atoms with Crippen LogP contribution in [0.2, 0.25) is 0 Å². The van der Waals surface area contributed by atoms with Gasteiger partial charge in [0, 0.05) is 17.4 Å². The lowest BCUT2D eigenvalue weighted by molar-refractivity contribution is -0.118. The second-order valence-corrected chi connectivity index (χ2v) is 6.56. The molecule has 5 nitrogen and oxygen atoms in total. The zero-order chi connectivity index (χ0) is 18.0. The molecule has 0 saturated heterocycles. The molecule has 0 bridgehead atoms. The minimum atomic E-state index is -0.501. The van der Waals surface area contributed by atoms with Gasteiger partial charge < -0.3 is 10.2 Å². The maximum absolute atomic E-state index is 12.3. The van der Waals surface area contributed by atoms with Crippen molar-refractivity contribution in [1.82, 2.24) is 5.32 Å². The molecule has 3 rings (SSSR count). The van der Waals surface area contributed by atoms with E-state index >= 15 is 0 Å². The Bertz CT molecular complexity index is 816. The fourth-order valence-electron chi connectivity index (χ4n) is 3.23. The summed E-state index contributed by atoms with van der Waals surface area (Å²) in [5.41, 5.74) is 5.10. The van der Waals surface area contributed by atoms with Gasteiger partial charge in [-0.25, -0.2) is 4.79 Å². The third-order valence-corrected chi connectivity index (χ3v) is 4.77. The minimum absolute atomic E-state index is 0.165. The summed E-state index contributed by atoms with van der Waals surface area (Å²) in [6, 6.07) is 13.5. The van der Waals surface area contributed by atoms with Crippen molar-refractivity contribution in [3.05, 3.63) is 59.2 Å². The third kappa shape index (κ3) is 3.65. The number of benzene rings is 2. The molecule has 0 spiro atoms. The van der Waals surface area contributed by atoms with Crippen molar-refractivity contribution in [3.63, 3.8) is 0 Å². The Morgan fingerprint density at radius 1 is 1.12 bits per heavy atom. The number of hydrogen-bond acceptors (Lipinski definition) is 3. The van der Waals surface area contributed by atoms with Gasteiger partial charge in [0.2, 0.25) is 5.91 Å². The van der Waals surface area contributed by atoms with Crippen LogP contribution in [0, 0.1) is 13.8 Å². The maximum atomic E-state index is 12.3. The molecule has 1 atom stereocenters. The molecule has 5 heteroatoms. The van der Waals surface area contributed by atoms with E-state index in [4.69, 9.17) is 0 Å². The van der Waals surface area contributed by atoms with Gasteiger partial charge in [-0.05, 0) is 56.0 Å². The standard InChI is InChI=1S/C20H23N3O2/c1-13-7-6-9-17(15(13)3)21-20(25)22-19(24)12-23-14(2)11-16-8-4-5-10-18(16)23/h4-10,14H,11-12H2,1-3H3,(H2,21,22,24,25)/t14-/m1/s1. The maximum Gasteiger partial charge on any atom is 0.325 e. The van der Waals surface area contributed by atoms with Crippen LogP contribution in [0.25, 0.3) is 0 Å². The van der Waals surface area contributed by atoms with Crippen LogP contribution in [0.1, 0.15) is 23.6 Å². The fraction of sp³-hybridized carbons (Fsp3) is 0.300. The van der Waals surface area contributed by atoms with E-state index in [1.165, 1.54) is 5.56 Å². The lowest BCUT2D eigenvalue weighted by Crippen LogP contribution is -2.43. The summed E-state index contributed by atoms with van der Waals surface area (Å²) < 4.78 is 0. The van der Waals surface area contributed by atoms with Crippen LogP contribution in [0.3, 0.4) is 0 Å². The van der Waals surface area contributed by atoms with Gasteiger partial charge in [-0.2, -0.15) is 0 Å². The van der Waals surface area contributed by atoms with Crippen molar-refractivity contribution in [2.45, 2.75) is 33.2 Å². The Morgan fingerprint density at radius 2 is 1.88 bits per heavy atom. The van der Waals surface area contributed by atoms with Crippen molar-refractivity contribution in [2.75, 3.05) is 16.8 Å². The number of carbonyl (C=O) groups excluding carboxylic acids is 2. The Morgan fingerprint density at radius 3 is 2.68 bits per heavy atom. The van der Waals surface area contributed by atoms with Crippen LogP contribution in [0.15, 0.2) is 42.5 Å². The second kappa shape index (κ2) is 6.97. The van der Waals surface area contributed by atoms with Crippen molar-refractivity contribution >= 4 is 23.3 Å². The van der Waals surface area contributed by atoms with Gasteiger partial charge in [-0.1, -0.05) is 30.3 Å². The number of imide groups is 1. The predicted octanol–water partition coefficient (Wildman–Crippen LogP) is 3.40. The molecule has 0 saturated carbocycles. The van der Waals surface area contributed by atoms with Crippen molar-refractivity contribution in [1.29, 1.82) is 0 Å². The molecule has 25 heavy (non-hydrogen) atoms.